The van der Waals surface area contributed by atoms with Gasteiger partial charge in [0.05, 0.1) is 70.6 Å². The predicted octanol–water partition coefficient (Wildman–Crippen LogP) is -1.82. The molecule has 3 amide bonds. The summed E-state index contributed by atoms with van der Waals surface area (Å²) < 4.78 is 96.8. The molecule has 8 rings (SSSR count). The molecule has 8 fully saturated rings. The van der Waals surface area contributed by atoms with E-state index in [9.17, 15) is 127 Å². The second-order valence-corrected chi connectivity index (χ2v) is 38.7. The maximum absolute atomic E-state index is 13.7. The van der Waals surface area contributed by atoms with Gasteiger partial charge >= 0.3 is 0 Å². The van der Waals surface area contributed by atoms with Gasteiger partial charge in [-0.05, 0) is 58.8 Å². The van der Waals surface area contributed by atoms with Crippen LogP contribution in [0.3, 0.4) is 0 Å². The van der Waals surface area contributed by atoms with E-state index < -0.39 is 316 Å². The second-order valence-electron chi connectivity index (χ2n) is 38.7. The zero-order chi connectivity index (χ0) is 102. The summed E-state index contributed by atoms with van der Waals surface area (Å²) in [5.74, 6) is -2.24. The highest BCUT2D eigenvalue weighted by Crippen LogP contribution is 2.41. The van der Waals surface area contributed by atoms with E-state index in [0.717, 1.165) is 71.6 Å². The average molecular weight is 2020 g/mol. The Morgan fingerprint density at radius 2 is 0.607 bits per heavy atom. The van der Waals surface area contributed by atoms with Gasteiger partial charge in [-0.25, -0.2) is 0 Å². The van der Waals surface area contributed by atoms with Gasteiger partial charge in [0, 0.05) is 20.3 Å². The minimum atomic E-state index is -2.40. The zero-order valence-electron chi connectivity index (χ0n) is 82.1. The first-order valence-corrected chi connectivity index (χ1v) is 51.4. The number of aliphatic hydroxyl groups excluding tert-OH is 22. The van der Waals surface area contributed by atoms with E-state index in [-0.39, 0.29) is 12.3 Å². The van der Waals surface area contributed by atoms with Gasteiger partial charge in [0.1, 0.15) is 183 Å². The molecular weight excluding hydrogens is 1850 g/mol. The first-order valence-electron chi connectivity index (χ1n) is 51.4. The molecule has 8 aliphatic rings. The van der Waals surface area contributed by atoms with Gasteiger partial charge < -0.3 is 204 Å². The van der Waals surface area contributed by atoms with Crippen molar-refractivity contribution in [2.24, 2.45) is 0 Å². The van der Waals surface area contributed by atoms with E-state index >= 15 is 0 Å². The largest absolute Gasteiger partial charge is 0.394 e. The molecule has 816 valence electrons. The minimum Gasteiger partial charge on any atom is -0.394 e. The van der Waals surface area contributed by atoms with Gasteiger partial charge in [-0.15, -0.1) is 0 Å². The summed E-state index contributed by atoms with van der Waals surface area (Å²) in [5.41, 5.74) is 0. The molecule has 0 aromatic rings. The molecule has 8 saturated heterocycles. The van der Waals surface area contributed by atoms with Crippen molar-refractivity contribution in [2.45, 2.75) is 518 Å². The highest BCUT2D eigenvalue weighted by Gasteiger charge is 2.61. The smallest absolute Gasteiger partial charge is 0.220 e. The summed E-state index contributed by atoms with van der Waals surface area (Å²) in [6.07, 6.45) is -30.2. The molecule has 42 atom stereocenters. The number of hydrogen-bond donors (Lipinski definition) is 25. The predicted molar refractivity (Wildman–Crippen MR) is 493 cm³/mol. The second kappa shape index (κ2) is 64.0. The number of amides is 3. The van der Waals surface area contributed by atoms with E-state index in [4.69, 9.17) is 75.8 Å². The van der Waals surface area contributed by atoms with Crippen molar-refractivity contribution < 1.29 is 203 Å². The lowest BCUT2D eigenvalue weighted by molar-refractivity contribution is -0.401. The lowest BCUT2D eigenvalue weighted by Crippen LogP contribution is -2.72. The van der Waals surface area contributed by atoms with Gasteiger partial charge in [0.15, 0.2) is 50.3 Å². The first kappa shape index (κ1) is 122. The molecule has 8 aliphatic heterocycles. The summed E-state index contributed by atoms with van der Waals surface area (Å²) in [6.45, 7) is 1.95. The Kier molecular flexibility index (Phi) is 55.6. The topological polar surface area (TPSA) is 680 Å². The Morgan fingerprint density at radius 1 is 0.293 bits per heavy atom. The quantitative estimate of drug-likeness (QED) is 0.0235. The SMILES string of the molecule is CCCCCCCC/C=C\CCCCCCCCCCCCCCCC(=O)N[C@@H](CO[C@@H]1OC(CO)[C@@H](O[C@@H]2OC(CO)[C@H](O)[C@H](O[C@@H]3OC(CO)[C@@H](O[C@@H]4OC(CO)[C@H](O)[C@H](O[C@@H]5OC(CO)[C@@H](O[C@@H]6OC(CO)[C@H](O)[C@H](O)C6O[C@H]6OC(C)[C@@H](O)C(O)[C@@H]6O)[C@H](O[C@H]6OC(C)[C@@H](O)C(O)[C@@H]6O)C5NC(C)=O)C4O)[C@H](O)C3NC(C)=O)C2O)[C@H](O)C1O)[C@H](O)/C=C/CCCCCCCCCCCCC. The standard InChI is InChI=1S/C96H171N3O41/c1-7-9-11-13-15-17-19-21-22-23-24-25-26-27-28-29-30-32-34-36-38-40-42-44-64(109)99-56(57(108)43-41-39-37-35-33-31-20-18-16-14-12-10-8-2)51-125-91-79(122)76(119)83(62(49-104)133-91)135-95-80(123)86(70(113)59(46-101)129-95)138-89-65(97-54(5)106)72(115)82(61(48-103)131-89)134-94-81(124)87(71(114)60(47-102)128-94)139-90-66(98-55(6)107)85(137-92-77(120)73(116)67(110)52(3)126-92)84(63(50-105)132-90)136-96-88(75(118)69(112)58(45-100)130-96)140-93-78(121)74(117)68(111)53(4)127-93/h21-22,41,43,52-53,56-63,65-96,100-105,108,110-124H,7-20,23-40,42,44-51H2,1-6H3,(H,97,106)(H,98,107)(H,99,109)/b22-21-,43-41+/t52?,53?,56-,57+,58?,59?,60?,61?,62?,63?,65?,66?,67+,68+,69-,70-,71-,72+,73?,74?,75-,76+,77-,78-,79?,80?,81?,82+,83+,84+,85+,86-,87-,88?,89-,90-,91+,92+,93+,94-,95-,96-/m0/s1. The van der Waals surface area contributed by atoms with Crippen molar-refractivity contribution in [2.75, 3.05) is 46.2 Å². The molecule has 44 heteroatoms. The van der Waals surface area contributed by atoms with Crippen molar-refractivity contribution >= 4 is 17.7 Å². The van der Waals surface area contributed by atoms with Crippen LogP contribution in [-0.2, 0) is 90.2 Å². The van der Waals surface area contributed by atoms with Crippen LogP contribution in [0.1, 0.15) is 260 Å². The summed E-state index contributed by atoms with van der Waals surface area (Å²) in [6, 6.07) is -5.00. The van der Waals surface area contributed by atoms with E-state index in [0.29, 0.717) is 12.8 Å². The molecule has 0 aromatic carbocycles. The monoisotopic (exact) mass is 2020 g/mol. The summed E-state index contributed by atoms with van der Waals surface area (Å²) >= 11 is 0. The number of nitrogens with one attached hydrogen (secondary N) is 3. The Balaban J connectivity index is 0.913. The molecule has 16 unspecified atom stereocenters. The fourth-order valence-electron chi connectivity index (χ4n) is 19.0. The van der Waals surface area contributed by atoms with E-state index in [1.54, 1.807) is 6.08 Å². The molecule has 0 radical (unpaired) electrons. The molecule has 0 aromatic heterocycles. The Bertz CT molecular complexity index is 3430. The van der Waals surface area contributed by atoms with Crippen LogP contribution in [-0.4, -0.2) is 434 Å². The lowest BCUT2D eigenvalue weighted by atomic mass is 9.93. The first-order chi connectivity index (χ1) is 67.2. The molecule has 0 bridgehead atoms. The van der Waals surface area contributed by atoms with Crippen molar-refractivity contribution in [3.63, 3.8) is 0 Å². The van der Waals surface area contributed by atoms with Gasteiger partial charge in [-0.3, -0.25) is 14.4 Å². The third-order valence-electron chi connectivity index (χ3n) is 27.5. The number of hydrogen-bond acceptors (Lipinski definition) is 41. The molecule has 0 aliphatic carbocycles. The number of ether oxygens (including phenoxy) is 16. The van der Waals surface area contributed by atoms with E-state index in [1.165, 1.54) is 155 Å². The molecule has 140 heavy (non-hydrogen) atoms. The van der Waals surface area contributed by atoms with E-state index in [2.05, 4.69) is 41.9 Å². The third-order valence-corrected chi connectivity index (χ3v) is 27.5. The van der Waals surface area contributed by atoms with Crippen LogP contribution in [0.25, 0.3) is 0 Å². The fraction of sp³-hybridized carbons (Fsp3) is 0.927. The maximum atomic E-state index is 13.7. The van der Waals surface area contributed by atoms with Crippen molar-refractivity contribution in [1.82, 2.24) is 16.0 Å². The van der Waals surface area contributed by atoms with Gasteiger partial charge in [0.2, 0.25) is 17.7 Å². The molecule has 8 heterocycles. The maximum Gasteiger partial charge on any atom is 0.220 e. The van der Waals surface area contributed by atoms with Crippen LogP contribution < -0.4 is 16.0 Å². The van der Waals surface area contributed by atoms with Gasteiger partial charge in [-0.2, -0.15) is 0 Å². The Labute approximate surface area is 820 Å². The van der Waals surface area contributed by atoms with E-state index in [1.807, 2.05) is 6.08 Å². The van der Waals surface area contributed by atoms with Crippen molar-refractivity contribution in [1.29, 1.82) is 0 Å². The van der Waals surface area contributed by atoms with Crippen LogP contribution in [0.5, 0.6) is 0 Å². The van der Waals surface area contributed by atoms with Crippen molar-refractivity contribution in [3.8, 4) is 0 Å². The summed E-state index contributed by atoms with van der Waals surface area (Å²) in [7, 11) is 0. The normalized spacial score (nSPS) is 38.9. The number of rotatable bonds is 63. The van der Waals surface area contributed by atoms with Crippen molar-refractivity contribution in [3.05, 3.63) is 24.3 Å². The Morgan fingerprint density at radius 3 is 1.04 bits per heavy atom. The highest BCUT2D eigenvalue weighted by molar-refractivity contribution is 5.76. The molecule has 0 saturated carbocycles. The third kappa shape index (κ3) is 36.1. The number of carbonyl (C=O) groups excluding carboxylic acids is 3. The molecule has 0 spiro atoms. The molecule has 44 nitrogen and oxygen atoms in total. The number of unbranched alkanes of at least 4 members (excludes halogenated alkanes) is 30. The average Bonchev–Trinajstić information content (AvgIpc) is 0.756. The van der Waals surface area contributed by atoms with Crippen LogP contribution in [0.4, 0.5) is 0 Å². The summed E-state index contributed by atoms with van der Waals surface area (Å²) in [4.78, 5) is 40.4. The lowest BCUT2D eigenvalue weighted by Gasteiger charge is -2.52. The molecule has 25 N–H and O–H groups in total. The number of carbonyl (C=O) groups is 3. The van der Waals surface area contributed by atoms with Crippen LogP contribution in [0.2, 0.25) is 0 Å². The van der Waals surface area contributed by atoms with Crippen LogP contribution in [0.15, 0.2) is 24.3 Å². The van der Waals surface area contributed by atoms with Gasteiger partial charge in [0.25, 0.3) is 0 Å². The van der Waals surface area contributed by atoms with Crippen LogP contribution >= 0.6 is 0 Å². The minimum absolute atomic E-state index is 0.152. The number of allylic oxidation sites excluding steroid dienone is 3. The number of aliphatic hydroxyl groups is 22. The highest BCUT2D eigenvalue weighted by atomic mass is 16.8. The molecular formula is C96H171N3O41. The van der Waals surface area contributed by atoms with Gasteiger partial charge in [-0.1, -0.05) is 205 Å². The Hall–Kier alpha value is -3.63. The fourth-order valence-corrected chi connectivity index (χ4v) is 19.0. The zero-order valence-corrected chi connectivity index (χ0v) is 82.1. The van der Waals surface area contributed by atoms with Crippen LogP contribution in [0, 0.1) is 0 Å². The summed E-state index contributed by atoms with van der Waals surface area (Å²) in [5, 5.41) is 257.